The number of nitrogens with one attached hydrogen (secondary N) is 1. The highest BCUT2D eigenvalue weighted by atomic mass is 16.5. The molecular weight excluding hydrogens is 240 g/mol. The highest BCUT2D eigenvalue weighted by molar-refractivity contribution is 5.80. The average molecular weight is 264 g/mol. The number of aryl methyl sites for hydroxylation is 1. The number of nitrogens with two attached hydrogens (primary N) is 1. The molecule has 0 radical (unpaired) electrons. The van der Waals surface area contributed by atoms with Crippen LogP contribution in [0.5, 0.6) is 0 Å². The molecule has 1 amide bonds. The highest BCUT2D eigenvalue weighted by Gasteiger charge is 2.15. The maximum absolute atomic E-state index is 11.2. The number of carbonyl (C=O) groups excluding carboxylic acids is 1. The minimum absolute atomic E-state index is 0.213. The topological polar surface area (TPSA) is 64.3 Å². The average Bonchev–Trinajstić information content (AvgIpc) is 2.37. The summed E-state index contributed by atoms with van der Waals surface area (Å²) in [4.78, 5) is 11.2. The predicted molar refractivity (Wildman–Crippen MR) is 76.8 cm³/mol. The van der Waals surface area contributed by atoms with Gasteiger partial charge in [0.15, 0.2) is 0 Å². The molecular formula is C15H24N2O2. The molecule has 1 aromatic carbocycles. The number of rotatable bonds is 9. The molecule has 1 aromatic rings. The summed E-state index contributed by atoms with van der Waals surface area (Å²) in [5.41, 5.74) is 6.61. The lowest BCUT2D eigenvalue weighted by atomic mass is 10.1. The van der Waals surface area contributed by atoms with Crippen LogP contribution in [-0.2, 0) is 16.0 Å². The summed E-state index contributed by atoms with van der Waals surface area (Å²) in [5.74, 6) is -0.364. The smallest absolute Gasteiger partial charge is 0.236 e. The van der Waals surface area contributed by atoms with Crippen molar-refractivity contribution in [1.29, 1.82) is 0 Å². The summed E-state index contributed by atoms with van der Waals surface area (Å²) >= 11 is 0. The molecule has 0 heterocycles. The Morgan fingerprint density at radius 3 is 2.58 bits per heavy atom. The number of hydrogen-bond acceptors (Lipinski definition) is 3. The predicted octanol–water partition coefficient (Wildman–Crippen LogP) is 1.49. The Bertz CT molecular complexity index is 366. The molecule has 1 atom stereocenters. The van der Waals surface area contributed by atoms with Gasteiger partial charge < -0.3 is 15.8 Å². The zero-order chi connectivity index (χ0) is 14.1. The zero-order valence-corrected chi connectivity index (χ0v) is 11.8. The summed E-state index contributed by atoms with van der Waals surface area (Å²) < 4.78 is 5.52. The number of benzene rings is 1. The molecule has 4 nitrogen and oxygen atoms in total. The van der Waals surface area contributed by atoms with Gasteiger partial charge in [0.1, 0.15) is 6.04 Å². The molecule has 1 rings (SSSR count). The van der Waals surface area contributed by atoms with E-state index < -0.39 is 6.04 Å². The molecule has 0 spiro atoms. The largest absolute Gasteiger partial charge is 0.379 e. The van der Waals surface area contributed by atoms with Crippen molar-refractivity contribution < 1.29 is 9.53 Å². The first-order valence-electron chi connectivity index (χ1n) is 6.76. The third-order valence-electron chi connectivity index (χ3n) is 2.76. The van der Waals surface area contributed by atoms with Crippen molar-refractivity contribution in [1.82, 2.24) is 5.32 Å². The molecule has 0 aliphatic heterocycles. The monoisotopic (exact) mass is 264 g/mol. The second-order valence-corrected chi connectivity index (χ2v) is 4.94. The molecule has 0 bridgehead atoms. The molecule has 0 aromatic heterocycles. The highest BCUT2D eigenvalue weighted by Crippen LogP contribution is 2.02. The van der Waals surface area contributed by atoms with Crippen molar-refractivity contribution in [3.05, 3.63) is 35.9 Å². The summed E-state index contributed by atoms with van der Waals surface area (Å²) in [6.45, 7) is 4.93. The van der Waals surface area contributed by atoms with E-state index in [1.807, 2.05) is 32.0 Å². The minimum Gasteiger partial charge on any atom is -0.379 e. The van der Waals surface area contributed by atoms with Gasteiger partial charge in [0.25, 0.3) is 0 Å². The first-order valence-corrected chi connectivity index (χ1v) is 6.76. The maximum Gasteiger partial charge on any atom is 0.236 e. The number of primary amides is 1. The second kappa shape index (κ2) is 8.67. The van der Waals surface area contributed by atoms with Gasteiger partial charge in [-0.05, 0) is 18.4 Å². The van der Waals surface area contributed by atoms with Crippen LogP contribution in [0.1, 0.15) is 25.8 Å². The molecule has 1 unspecified atom stereocenters. The quantitative estimate of drug-likeness (QED) is 0.664. The lowest BCUT2D eigenvalue weighted by Crippen LogP contribution is -2.47. The van der Waals surface area contributed by atoms with Crippen molar-refractivity contribution in [3.8, 4) is 0 Å². The van der Waals surface area contributed by atoms with E-state index in [9.17, 15) is 4.79 Å². The van der Waals surface area contributed by atoms with Crippen molar-refractivity contribution in [2.24, 2.45) is 5.73 Å². The van der Waals surface area contributed by atoms with Crippen LogP contribution in [0.15, 0.2) is 30.3 Å². The molecule has 0 aliphatic carbocycles. The molecule has 0 saturated heterocycles. The normalized spacial score (nSPS) is 12.6. The van der Waals surface area contributed by atoms with E-state index in [0.29, 0.717) is 13.2 Å². The Hall–Kier alpha value is -1.39. The Labute approximate surface area is 115 Å². The van der Waals surface area contributed by atoms with Gasteiger partial charge in [-0.25, -0.2) is 0 Å². The first kappa shape index (κ1) is 15.7. The van der Waals surface area contributed by atoms with Crippen LogP contribution in [0.4, 0.5) is 0 Å². The van der Waals surface area contributed by atoms with Crippen LogP contribution in [0.2, 0.25) is 0 Å². The second-order valence-electron chi connectivity index (χ2n) is 4.94. The van der Waals surface area contributed by atoms with Crippen LogP contribution in [-0.4, -0.2) is 31.2 Å². The fourth-order valence-electron chi connectivity index (χ4n) is 1.84. The van der Waals surface area contributed by atoms with Gasteiger partial charge in [0, 0.05) is 12.6 Å². The maximum atomic E-state index is 11.2. The van der Waals surface area contributed by atoms with Crippen LogP contribution in [0.3, 0.4) is 0 Å². The van der Waals surface area contributed by atoms with Gasteiger partial charge in [-0.15, -0.1) is 0 Å². The van der Waals surface area contributed by atoms with Gasteiger partial charge in [0.05, 0.1) is 6.61 Å². The molecule has 0 saturated carbocycles. The Kier molecular flexibility index (Phi) is 7.15. The molecule has 0 fully saturated rings. The number of ether oxygens (including phenoxy) is 1. The molecule has 4 heteroatoms. The van der Waals surface area contributed by atoms with E-state index in [2.05, 4.69) is 17.4 Å². The first-order chi connectivity index (χ1) is 9.09. The van der Waals surface area contributed by atoms with Gasteiger partial charge in [-0.1, -0.05) is 44.2 Å². The third-order valence-corrected chi connectivity index (χ3v) is 2.76. The van der Waals surface area contributed by atoms with Crippen LogP contribution in [0, 0.1) is 0 Å². The zero-order valence-electron chi connectivity index (χ0n) is 11.8. The van der Waals surface area contributed by atoms with E-state index >= 15 is 0 Å². The lowest BCUT2D eigenvalue weighted by molar-refractivity contribution is -0.121. The Morgan fingerprint density at radius 1 is 1.32 bits per heavy atom. The molecule has 19 heavy (non-hydrogen) atoms. The summed E-state index contributed by atoms with van der Waals surface area (Å²) in [7, 11) is 0. The molecule has 0 aliphatic rings. The van der Waals surface area contributed by atoms with Crippen molar-refractivity contribution in [3.63, 3.8) is 0 Å². The lowest BCUT2D eigenvalue weighted by Gasteiger charge is -2.18. The fourth-order valence-corrected chi connectivity index (χ4v) is 1.84. The fraction of sp³-hybridized carbons (Fsp3) is 0.533. The minimum atomic E-state index is -0.406. The Balaban J connectivity index is 2.16. The number of hydrogen-bond donors (Lipinski definition) is 2. The van der Waals surface area contributed by atoms with E-state index in [1.165, 1.54) is 5.56 Å². The van der Waals surface area contributed by atoms with E-state index in [-0.39, 0.29) is 11.9 Å². The SMILES string of the molecule is CC(C)NC(COCCCc1ccccc1)C(N)=O. The summed E-state index contributed by atoms with van der Waals surface area (Å²) in [6.07, 6.45) is 1.93. The van der Waals surface area contributed by atoms with Gasteiger partial charge >= 0.3 is 0 Å². The van der Waals surface area contributed by atoms with E-state index in [1.54, 1.807) is 0 Å². The summed E-state index contributed by atoms with van der Waals surface area (Å²) in [6, 6.07) is 10.1. The van der Waals surface area contributed by atoms with Crippen molar-refractivity contribution in [2.75, 3.05) is 13.2 Å². The standard InChI is InChI=1S/C15H24N2O2/c1-12(2)17-14(15(16)18)11-19-10-6-9-13-7-4-3-5-8-13/h3-5,7-8,12,14,17H,6,9-11H2,1-2H3,(H2,16,18). The van der Waals surface area contributed by atoms with Crippen molar-refractivity contribution >= 4 is 5.91 Å². The van der Waals surface area contributed by atoms with Gasteiger partial charge in [-0.3, -0.25) is 4.79 Å². The molecule has 3 N–H and O–H groups in total. The molecule has 106 valence electrons. The van der Waals surface area contributed by atoms with Gasteiger partial charge in [0.2, 0.25) is 5.91 Å². The summed E-state index contributed by atoms with van der Waals surface area (Å²) in [5, 5.41) is 3.09. The Morgan fingerprint density at radius 2 is 2.00 bits per heavy atom. The van der Waals surface area contributed by atoms with Gasteiger partial charge in [-0.2, -0.15) is 0 Å². The van der Waals surface area contributed by atoms with Crippen LogP contribution >= 0.6 is 0 Å². The van der Waals surface area contributed by atoms with E-state index in [4.69, 9.17) is 10.5 Å². The third kappa shape index (κ3) is 6.94. The number of carbonyl (C=O) groups is 1. The van der Waals surface area contributed by atoms with Crippen molar-refractivity contribution in [2.45, 2.75) is 38.8 Å². The van der Waals surface area contributed by atoms with Crippen LogP contribution < -0.4 is 11.1 Å². The number of amides is 1. The van der Waals surface area contributed by atoms with Crippen LogP contribution in [0.25, 0.3) is 0 Å². The van der Waals surface area contributed by atoms with E-state index in [0.717, 1.165) is 12.8 Å².